The number of hydrogen-bond donors (Lipinski definition) is 0. The number of ether oxygens (including phenoxy) is 1. The number of halogens is 2. The lowest BCUT2D eigenvalue weighted by molar-refractivity contribution is 0.0300. The SMILES string of the molecule is Fc1c(CCl)ccnc1N1CC2CCC(C1)O2. The highest BCUT2D eigenvalue weighted by Gasteiger charge is 2.35. The van der Waals surface area contributed by atoms with Gasteiger partial charge in [0.2, 0.25) is 0 Å². The maximum Gasteiger partial charge on any atom is 0.170 e. The fourth-order valence-electron chi connectivity index (χ4n) is 2.58. The standard InChI is InChI=1S/C12H14ClFN2O/c13-5-8-3-4-15-12(11(8)14)16-6-9-1-2-10(7-16)17-9/h3-4,9-10H,1-2,5-7H2. The van der Waals surface area contributed by atoms with E-state index in [1.807, 2.05) is 4.90 Å². The molecule has 2 atom stereocenters. The third-order valence-electron chi connectivity index (χ3n) is 3.44. The van der Waals surface area contributed by atoms with Gasteiger partial charge < -0.3 is 9.64 Å². The number of pyridine rings is 1. The van der Waals surface area contributed by atoms with Gasteiger partial charge in [0.25, 0.3) is 0 Å². The summed E-state index contributed by atoms with van der Waals surface area (Å²) < 4.78 is 19.8. The topological polar surface area (TPSA) is 25.4 Å². The van der Waals surface area contributed by atoms with E-state index in [1.54, 1.807) is 12.3 Å². The summed E-state index contributed by atoms with van der Waals surface area (Å²) in [4.78, 5) is 6.13. The van der Waals surface area contributed by atoms with Gasteiger partial charge in [-0.05, 0) is 18.9 Å². The Balaban J connectivity index is 1.89. The van der Waals surface area contributed by atoms with Crippen molar-refractivity contribution in [1.82, 2.24) is 4.98 Å². The van der Waals surface area contributed by atoms with Crippen molar-refractivity contribution in [2.24, 2.45) is 0 Å². The highest BCUT2D eigenvalue weighted by molar-refractivity contribution is 6.17. The Morgan fingerprint density at radius 1 is 1.41 bits per heavy atom. The molecule has 17 heavy (non-hydrogen) atoms. The molecule has 3 nitrogen and oxygen atoms in total. The first kappa shape index (κ1) is 11.2. The highest BCUT2D eigenvalue weighted by atomic mass is 35.5. The number of alkyl halides is 1. The third kappa shape index (κ3) is 2.00. The molecular formula is C12H14ClFN2O. The van der Waals surface area contributed by atoms with Gasteiger partial charge in [-0.15, -0.1) is 11.6 Å². The molecule has 0 aromatic carbocycles. The largest absolute Gasteiger partial charge is 0.371 e. The van der Waals surface area contributed by atoms with Crippen molar-refractivity contribution in [2.75, 3.05) is 18.0 Å². The third-order valence-corrected chi connectivity index (χ3v) is 3.73. The monoisotopic (exact) mass is 256 g/mol. The molecule has 2 bridgehead atoms. The van der Waals surface area contributed by atoms with Crippen molar-refractivity contribution >= 4 is 17.4 Å². The minimum absolute atomic E-state index is 0.179. The second-order valence-electron chi connectivity index (χ2n) is 4.60. The number of fused-ring (bicyclic) bond motifs is 2. The Labute approximate surface area is 105 Å². The molecule has 0 aliphatic carbocycles. The number of anilines is 1. The van der Waals surface area contributed by atoms with E-state index in [2.05, 4.69) is 4.98 Å². The summed E-state index contributed by atoms with van der Waals surface area (Å²) in [5.74, 6) is 0.311. The summed E-state index contributed by atoms with van der Waals surface area (Å²) in [6.45, 7) is 1.46. The molecule has 2 unspecified atom stereocenters. The molecule has 2 aliphatic rings. The predicted molar refractivity (Wildman–Crippen MR) is 63.9 cm³/mol. The van der Waals surface area contributed by atoms with Crippen LogP contribution in [-0.2, 0) is 10.6 Å². The van der Waals surface area contributed by atoms with Gasteiger partial charge in [-0.2, -0.15) is 0 Å². The molecule has 92 valence electrons. The van der Waals surface area contributed by atoms with Gasteiger partial charge in [0.1, 0.15) is 0 Å². The van der Waals surface area contributed by atoms with E-state index in [0.717, 1.165) is 25.9 Å². The van der Waals surface area contributed by atoms with Crippen LogP contribution in [0.25, 0.3) is 0 Å². The first-order chi connectivity index (χ1) is 8.28. The molecule has 2 aliphatic heterocycles. The van der Waals surface area contributed by atoms with Crippen LogP contribution in [0.3, 0.4) is 0 Å². The van der Waals surface area contributed by atoms with Crippen molar-refractivity contribution in [3.63, 3.8) is 0 Å². The molecule has 0 N–H and O–H groups in total. The summed E-state index contributed by atoms with van der Waals surface area (Å²) in [5.41, 5.74) is 0.510. The number of hydrogen-bond acceptors (Lipinski definition) is 3. The lowest BCUT2D eigenvalue weighted by atomic mass is 10.2. The number of aromatic nitrogens is 1. The van der Waals surface area contributed by atoms with Gasteiger partial charge in [0, 0.05) is 24.8 Å². The van der Waals surface area contributed by atoms with Gasteiger partial charge >= 0.3 is 0 Å². The van der Waals surface area contributed by atoms with Gasteiger partial charge in [0.15, 0.2) is 11.6 Å². The van der Waals surface area contributed by atoms with Crippen molar-refractivity contribution < 1.29 is 9.13 Å². The number of rotatable bonds is 2. The van der Waals surface area contributed by atoms with Crippen molar-refractivity contribution in [3.05, 3.63) is 23.6 Å². The van der Waals surface area contributed by atoms with Crippen LogP contribution in [0.4, 0.5) is 10.2 Å². The molecule has 2 saturated heterocycles. The summed E-state index contributed by atoms with van der Waals surface area (Å²) in [6.07, 6.45) is 4.22. The Morgan fingerprint density at radius 3 is 2.76 bits per heavy atom. The van der Waals surface area contributed by atoms with Crippen LogP contribution < -0.4 is 4.90 Å². The summed E-state index contributed by atoms with van der Waals surface area (Å²) >= 11 is 5.70. The van der Waals surface area contributed by atoms with E-state index in [1.165, 1.54) is 0 Å². The van der Waals surface area contributed by atoms with E-state index in [4.69, 9.17) is 16.3 Å². The zero-order valence-electron chi connectivity index (χ0n) is 9.40. The quantitative estimate of drug-likeness (QED) is 0.760. The van der Waals surface area contributed by atoms with E-state index in [9.17, 15) is 4.39 Å². The molecule has 1 aromatic heterocycles. The maximum atomic E-state index is 14.1. The summed E-state index contributed by atoms with van der Waals surface area (Å²) in [6, 6.07) is 1.63. The fourth-order valence-corrected chi connectivity index (χ4v) is 2.79. The van der Waals surface area contributed by atoms with Crippen molar-refractivity contribution in [2.45, 2.75) is 30.9 Å². The Morgan fingerprint density at radius 2 is 2.12 bits per heavy atom. The first-order valence-corrected chi connectivity index (χ1v) is 6.41. The minimum Gasteiger partial charge on any atom is -0.371 e. The van der Waals surface area contributed by atoms with Gasteiger partial charge in [-0.25, -0.2) is 9.37 Å². The van der Waals surface area contributed by atoms with E-state index in [0.29, 0.717) is 11.4 Å². The Kier molecular flexibility index (Phi) is 2.92. The predicted octanol–water partition coefficient (Wildman–Crippen LogP) is 2.33. The van der Waals surface area contributed by atoms with Crippen LogP contribution in [0, 0.1) is 5.82 Å². The zero-order valence-corrected chi connectivity index (χ0v) is 10.2. The maximum absolute atomic E-state index is 14.1. The lowest BCUT2D eigenvalue weighted by Crippen LogP contribution is -2.43. The van der Waals surface area contributed by atoms with Crippen LogP contribution in [0.5, 0.6) is 0 Å². The smallest absolute Gasteiger partial charge is 0.170 e. The zero-order chi connectivity index (χ0) is 11.8. The second-order valence-corrected chi connectivity index (χ2v) is 4.87. The molecule has 2 fully saturated rings. The first-order valence-electron chi connectivity index (χ1n) is 5.87. The Hall–Kier alpha value is -0.870. The van der Waals surface area contributed by atoms with Gasteiger partial charge in [-0.3, -0.25) is 0 Å². The minimum atomic E-state index is -0.288. The molecule has 5 heteroatoms. The van der Waals surface area contributed by atoms with Crippen molar-refractivity contribution in [3.8, 4) is 0 Å². The fraction of sp³-hybridized carbons (Fsp3) is 0.583. The molecule has 3 heterocycles. The molecule has 3 rings (SSSR count). The average molecular weight is 257 g/mol. The van der Waals surface area contributed by atoms with Crippen LogP contribution in [0.15, 0.2) is 12.3 Å². The summed E-state index contributed by atoms with van der Waals surface area (Å²) in [5, 5.41) is 0. The van der Waals surface area contributed by atoms with Gasteiger partial charge in [0.05, 0.1) is 18.1 Å². The highest BCUT2D eigenvalue weighted by Crippen LogP contribution is 2.30. The average Bonchev–Trinajstić information content (AvgIpc) is 2.68. The van der Waals surface area contributed by atoms with Crippen LogP contribution in [0.1, 0.15) is 18.4 Å². The van der Waals surface area contributed by atoms with Crippen LogP contribution in [0.2, 0.25) is 0 Å². The van der Waals surface area contributed by atoms with Crippen LogP contribution in [-0.4, -0.2) is 30.3 Å². The molecule has 0 radical (unpaired) electrons. The summed E-state index contributed by atoms with van der Waals surface area (Å²) in [7, 11) is 0. The molecular weight excluding hydrogens is 243 g/mol. The molecule has 0 spiro atoms. The lowest BCUT2D eigenvalue weighted by Gasteiger charge is -2.33. The van der Waals surface area contributed by atoms with E-state index in [-0.39, 0.29) is 23.9 Å². The van der Waals surface area contributed by atoms with Crippen molar-refractivity contribution in [1.29, 1.82) is 0 Å². The normalized spacial score (nSPS) is 27.5. The van der Waals surface area contributed by atoms with Gasteiger partial charge in [-0.1, -0.05) is 0 Å². The van der Waals surface area contributed by atoms with Crippen LogP contribution >= 0.6 is 11.6 Å². The molecule has 0 saturated carbocycles. The second kappa shape index (κ2) is 4.42. The molecule has 1 aromatic rings. The molecule has 0 amide bonds. The van der Waals surface area contributed by atoms with E-state index >= 15 is 0 Å². The number of morpholine rings is 1. The number of nitrogens with zero attached hydrogens (tertiary/aromatic N) is 2. The van der Waals surface area contributed by atoms with E-state index < -0.39 is 0 Å². The Bertz CT molecular complexity index is 417.